The van der Waals surface area contributed by atoms with Crippen LogP contribution in [-0.4, -0.2) is 17.1 Å². The zero-order valence-electron chi connectivity index (χ0n) is 20.5. The highest BCUT2D eigenvalue weighted by Gasteiger charge is 2.41. The van der Waals surface area contributed by atoms with E-state index in [1.54, 1.807) is 12.1 Å². The van der Waals surface area contributed by atoms with Crippen LogP contribution in [0.1, 0.15) is 29.2 Å². The molecule has 1 N–H and O–H groups in total. The third kappa shape index (κ3) is 6.09. The van der Waals surface area contributed by atoms with Crippen LogP contribution in [0.5, 0.6) is 0 Å². The average Bonchev–Trinajstić information content (AvgIpc) is 3.23. The van der Waals surface area contributed by atoms with E-state index in [-0.39, 0.29) is 23.6 Å². The lowest BCUT2D eigenvalue weighted by molar-refractivity contribution is -0.137. The van der Waals surface area contributed by atoms with Gasteiger partial charge in [0.25, 0.3) is 5.91 Å². The van der Waals surface area contributed by atoms with E-state index >= 15 is 0 Å². The highest BCUT2D eigenvalue weighted by atomic mass is 32.2. The maximum atomic E-state index is 13.6. The van der Waals surface area contributed by atoms with Crippen LogP contribution in [0.15, 0.2) is 89.5 Å². The molecule has 3 aromatic carbocycles. The van der Waals surface area contributed by atoms with Gasteiger partial charge >= 0.3 is 6.18 Å². The van der Waals surface area contributed by atoms with Crippen molar-refractivity contribution in [2.75, 3.05) is 4.90 Å². The standard InChI is InChI=1S/C29H24F3N3O2S/c1-2-19-11-13-23(14-12-19)35-27(37)25(16-21-9-6-10-22(15-21)29(30,31)32)38-28(35)24(17-33)26(36)34-18-20-7-4-3-5-8-20/h3-15,25H,2,16,18H2,1H3,(H,34,36)/b28-24-. The summed E-state index contributed by atoms with van der Waals surface area (Å²) in [5.74, 6) is -1.04. The Bertz CT molecular complexity index is 1400. The molecule has 38 heavy (non-hydrogen) atoms. The number of amides is 2. The van der Waals surface area contributed by atoms with Crippen LogP contribution in [0.25, 0.3) is 0 Å². The lowest BCUT2D eigenvalue weighted by Crippen LogP contribution is -2.32. The molecule has 1 heterocycles. The number of rotatable bonds is 7. The van der Waals surface area contributed by atoms with Crippen molar-refractivity contribution in [2.45, 2.75) is 37.7 Å². The number of hydrogen-bond donors (Lipinski definition) is 1. The number of anilines is 1. The van der Waals surface area contributed by atoms with Gasteiger partial charge in [0.1, 0.15) is 16.7 Å². The van der Waals surface area contributed by atoms with Crippen molar-refractivity contribution in [1.29, 1.82) is 5.26 Å². The number of alkyl halides is 3. The maximum absolute atomic E-state index is 13.6. The fourth-order valence-electron chi connectivity index (χ4n) is 4.06. The van der Waals surface area contributed by atoms with Crippen molar-refractivity contribution in [3.8, 4) is 6.07 Å². The van der Waals surface area contributed by atoms with Crippen molar-refractivity contribution >= 4 is 29.3 Å². The van der Waals surface area contributed by atoms with Crippen molar-refractivity contribution < 1.29 is 22.8 Å². The smallest absolute Gasteiger partial charge is 0.347 e. The first kappa shape index (κ1) is 27.0. The number of thioether (sulfide) groups is 1. The molecule has 0 aliphatic carbocycles. The quantitative estimate of drug-likeness (QED) is 0.297. The molecule has 1 saturated heterocycles. The predicted molar refractivity (Wildman–Crippen MR) is 141 cm³/mol. The van der Waals surface area contributed by atoms with E-state index in [1.165, 1.54) is 17.0 Å². The first-order valence-electron chi connectivity index (χ1n) is 11.9. The molecular formula is C29H24F3N3O2S. The van der Waals surface area contributed by atoms with Gasteiger partial charge in [0.05, 0.1) is 10.8 Å². The number of carbonyl (C=O) groups excluding carboxylic acids is 2. The summed E-state index contributed by atoms with van der Waals surface area (Å²) < 4.78 is 39.7. The minimum Gasteiger partial charge on any atom is -0.347 e. The molecule has 5 nitrogen and oxygen atoms in total. The number of nitriles is 1. The van der Waals surface area contributed by atoms with Gasteiger partial charge in [-0.2, -0.15) is 18.4 Å². The van der Waals surface area contributed by atoms with Gasteiger partial charge in [-0.05, 0) is 47.7 Å². The minimum atomic E-state index is -4.51. The van der Waals surface area contributed by atoms with Gasteiger partial charge < -0.3 is 5.32 Å². The number of hydrogen-bond acceptors (Lipinski definition) is 4. The number of carbonyl (C=O) groups is 2. The number of nitrogens with zero attached hydrogens (tertiary/aromatic N) is 2. The Hall–Kier alpha value is -4.03. The van der Waals surface area contributed by atoms with Gasteiger partial charge in [0, 0.05) is 12.2 Å². The fourth-order valence-corrected chi connectivity index (χ4v) is 5.37. The Morgan fingerprint density at radius 2 is 1.68 bits per heavy atom. The minimum absolute atomic E-state index is 0.00477. The van der Waals surface area contributed by atoms with Crippen molar-refractivity contribution in [3.63, 3.8) is 0 Å². The van der Waals surface area contributed by atoms with E-state index in [4.69, 9.17) is 0 Å². The van der Waals surface area contributed by atoms with Gasteiger partial charge in [-0.15, -0.1) is 0 Å². The van der Waals surface area contributed by atoms with Crippen LogP contribution < -0.4 is 10.2 Å². The Kier molecular flexibility index (Phi) is 8.23. The molecule has 0 bridgehead atoms. The Balaban J connectivity index is 1.68. The van der Waals surface area contributed by atoms with E-state index in [0.717, 1.165) is 41.4 Å². The number of benzene rings is 3. The molecule has 1 aliphatic rings. The molecule has 1 aliphatic heterocycles. The maximum Gasteiger partial charge on any atom is 0.416 e. The van der Waals surface area contributed by atoms with E-state index in [9.17, 15) is 28.0 Å². The van der Waals surface area contributed by atoms with E-state index in [1.807, 2.05) is 55.5 Å². The van der Waals surface area contributed by atoms with Crippen LogP contribution in [-0.2, 0) is 35.2 Å². The van der Waals surface area contributed by atoms with E-state index in [0.29, 0.717) is 11.3 Å². The molecule has 3 aromatic rings. The summed E-state index contributed by atoms with van der Waals surface area (Å²) in [5, 5.41) is 12.0. The lowest BCUT2D eigenvalue weighted by atomic mass is 10.0. The highest BCUT2D eigenvalue weighted by molar-refractivity contribution is 8.05. The molecular weight excluding hydrogens is 511 g/mol. The van der Waals surface area contributed by atoms with Crippen LogP contribution in [0.3, 0.4) is 0 Å². The molecule has 9 heteroatoms. The van der Waals surface area contributed by atoms with Gasteiger partial charge in [-0.1, -0.05) is 79.3 Å². The molecule has 1 fully saturated rings. The molecule has 0 aromatic heterocycles. The Labute approximate surface area is 223 Å². The summed E-state index contributed by atoms with van der Waals surface area (Å²) in [7, 11) is 0. The molecule has 2 amide bonds. The molecule has 0 saturated carbocycles. The first-order chi connectivity index (χ1) is 18.2. The molecule has 4 rings (SSSR count). The monoisotopic (exact) mass is 535 g/mol. The zero-order valence-corrected chi connectivity index (χ0v) is 21.3. The highest BCUT2D eigenvalue weighted by Crippen LogP contribution is 2.42. The summed E-state index contributed by atoms with van der Waals surface area (Å²) in [6, 6.07) is 23.1. The molecule has 1 unspecified atom stereocenters. The average molecular weight is 536 g/mol. The predicted octanol–water partition coefficient (Wildman–Crippen LogP) is 6.01. The van der Waals surface area contributed by atoms with Crippen molar-refractivity contribution in [2.24, 2.45) is 0 Å². The summed E-state index contributed by atoms with van der Waals surface area (Å²) in [5.41, 5.74) is 1.66. The summed E-state index contributed by atoms with van der Waals surface area (Å²) >= 11 is 1.01. The molecule has 0 radical (unpaired) electrons. The van der Waals surface area contributed by atoms with Crippen LogP contribution in [0.4, 0.5) is 18.9 Å². The van der Waals surface area contributed by atoms with Gasteiger partial charge in [0.2, 0.25) is 5.91 Å². The van der Waals surface area contributed by atoms with Gasteiger partial charge in [0.15, 0.2) is 0 Å². The van der Waals surface area contributed by atoms with Gasteiger partial charge in [-0.3, -0.25) is 14.5 Å². The summed E-state index contributed by atoms with van der Waals surface area (Å²) in [6.45, 7) is 2.18. The Morgan fingerprint density at radius 1 is 1.00 bits per heavy atom. The second-order valence-corrected chi connectivity index (χ2v) is 9.85. The van der Waals surface area contributed by atoms with E-state index < -0.39 is 28.8 Å². The number of nitrogens with one attached hydrogen (secondary N) is 1. The fraction of sp³-hybridized carbons (Fsp3) is 0.207. The molecule has 1 atom stereocenters. The second-order valence-electron chi connectivity index (χ2n) is 8.66. The third-order valence-electron chi connectivity index (χ3n) is 6.08. The zero-order chi connectivity index (χ0) is 27.3. The summed E-state index contributed by atoms with van der Waals surface area (Å²) in [4.78, 5) is 28.0. The molecule has 0 spiro atoms. The lowest BCUT2D eigenvalue weighted by Gasteiger charge is -2.19. The van der Waals surface area contributed by atoms with Crippen LogP contribution in [0.2, 0.25) is 0 Å². The van der Waals surface area contributed by atoms with Crippen molar-refractivity contribution in [3.05, 3.63) is 112 Å². The number of halogens is 3. The second kappa shape index (κ2) is 11.6. The van der Waals surface area contributed by atoms with Crippen molar-refractivity contribution in [1.82, 2.24) is 5.32 Å². The third-order valence-corrected chi connectivity index (χ3v) is 7.34. The SMILES string of the molecule is CCc1ccc(N2C(=O)C(Cc3cccc(C(F)(F)F)c3)S/C2=C(/C#N)C(=O)NCc2ccccc2)cc1. The number of aryl methyl sites for hydroxylation is 1. The normalized spacial score (nSPS) is 16.8. The first-order valence-corrected chi connectivity index (χ1v) is 12.8. The van der Waals surface area contributed by atoms with E-state index in [2.05, 4.69) is 5.32 Å². The molecule has 194 valence electrons. The summed E-state index contributed by atoms with van der Waals surface area (Å²) in [6.07, 6.45) is -3.72. The van der Waals surface area contributed by atoms with Crippen LogP contribution in [0, 0.1) is 11.3 Å². The van der Waals surface area contributed by atoms with Crippen LogP contribution >= 0.6 is 11.8 Å². The topological polar surface area (TPSA) is 73.2 Å². The Morgan fingerprint density at radius 3 is 2.32 bits per heavy atom. The largest absolute Gasteiger partial charge is 0.416 e. The van der Waals surface area contributed by atoms with Gasteiger partial charge in [-0.25, -0.2) is 0 Å².